The lowest BCUT2D eigenvalue weighted by atomic mass is 9.97. The predicted molar refractivity (Wildman–Crippen MR) is 154 cm³/mol. The second-order valence-electron chi connectivity index (χ2n) is 9.56. The summed E-state index contributed by atoms with van der Waals surface area (Å²) in [6.45, 7) is 2.43. The Bertz CT molecular complexity index is 1940. The van der Waals surface area contributed by atoms with Crippen LogP contribution in [0.2, 0.25) is 0 Å². The number of nitrogens with zero attached hydrogens (tertiary/aromatic N) is 5. The Morgan fingerprint density at radius 1 is 1.02 bits per heavy atom. The zero-order valence-corrected chi connectivity index (χ0v) is 22.5. The standard InChI is InChI=1S/C30H23FN6O3S/c31-20-8-3-7-19(15-20)23-16-24(22-10-4-6-18-5-1-2-9-21(18)22)33-30-26(23)27(32)28(41-30)29(38)34-25-17-37(35-40-25)36-11-13-39-14-12-36/h1-10,15-17H,11-14H2,(H2-,32,34,35,38). The fourth-order valence-corrected chi connectivity index (χ4v) is 6.08. The van der Waals surface area contributed by atoms with Gasteiger partial charge in [-0.25, -0.2) is 14.4 Å². The maximum absolute atomic E-state index is 14.4. The smallest absolute Gasteiger partial charge is 0.324 e. The van der Waals surface area contributed by atoms with E-state index in [-0.39, 0.29) is 22.3 Å². The molecule has 1 fully saturated rings. The first-order chi connectivity index (χ1) is 20.0. The Morgan fingerprint density at radius 2 is 1.83 bits per heavy atom. The van der Waals surface area contributed by atoms with Crippen molar-refractivity contribution in [1.82, 2.24) is 10.3 Å². The van der Waals surface area contributed by atoms with E-state index in [9.17, 15) is 9.50 Å². The molecular weight excluding hydrogens is 543 g/mol. The Balaban J connectivity index is 1.37. The normalized spacial score (nSPS) is 14.3. The Kier molecular flexibility index (Phi) is 6.29. The maximum atomic E-state index is 14.4. The quantitative estimate of drug-likeness (QED) is 0.189. The summed E-state index contributed by atoms with van der Waals surface area (Å²) >= 11 is 1.14. The zero-order valence-electron chi connectivity index (χ0n) is 21.7. The first kappa shape index (κ1) is 25.1. The van der Waals surface area contributed by atoms with Gasteiger partial charge in [-0.15, -0.1) is 16.3 Å². The number of hydrogen-bond acceptors (Lipinski definition) is 9. The number of nitrogens with two attached hydrogens (primary N) is 1. The molecule has 6 aromatic rings. The number of halogens is 1. The number of aliphatic imine (C=N–C) groups is 1. The molecule has 41 heavy (non-hydrogen) atoms. The minimum absolute atomic E-state index is 0.0492. The zero-order chi connectivity index (χ0) is 27.9. The number of fused-ring (bicyclic) bond motifs is 2. The molecule has 2 N–H and O–H groups in total. The topological polar surface area (TPSA) is 117 Å². The van der Waals surface area contributed by atoms with Gasteiger partial charge in [0.1, 0.15) is 10.6 Å². The fraction of sp³-hybridized carbons (Fsp3) is 0.133. The van der Waals surface area contributed by atoms with Crippen LogP contribution >= 0.6 is 11.3 Å². The number of nitrogen functional groups attached to an aromatic ring is 1. The van der Waals surface area contributed by atoms with Crippen LogP contribution in [0.1, 0.15) is 4.88 Å². The van der Waals surface area contributed by atoms with E-state index in [2.05, 4.69) is 10.3 Å². The van der Waals surface area contributed by atoms with E-state index < -0.39 is 5.90 Å². The van der Waals surface area contributed by atoms with Gasteiger partial charge in [0.15, 0.2) is 0 Å². The van der Waals surface area contributed by atoms with Gasteiger partial charge >= 0.3 is 5.88 Å². The summed E-state index contributed by atoms with van der Waals surface area (Å²) < 4.78 is 25.0. The third-order valence-electron chi connectivity index (χ3n) is 7.03. The van der Waals surface area contributed by atoms with E-state index in [0.717, 1.165) is 27.7 Å². The number of thiophene rings is 1. The summed E-state index contributed by atoms with van der Waals surface area (Å²) in [4.78, 5) is 11.3. The van der Waals surface area contributed by atoms with Crippen LogP contribution in [-0.2, 0) is 4.74 Å². The lowest BCUT2D eigenvalue weighted by Crippen LogP contribution is -2.62. The van der Waals surface area contributed by atoms with E-state index in [4.69, 9.17) is 20.0 Å². The first-order valence-corrected chi connectivity index (χ1v) is 13.8. The van der Waals surface area contributed by atoms with Gasteiger partial charge in [-0.2, -0.15) is 0 Å². The Hall–Kier alpha value is -4.87. The second-order valence-corrected chi connectivity index (χ2v) is 10.6. The molecule has 1 aliphatic heterocycles. The van der Waals surface area contributed by atoms with E-state index in [1.165, 1.54) is 16.9 Å². The number of ether oxygens (including phenoxy) is 1. The molecule has 0 aliphatic carbocycles. The summed E-state index contributed by atoms with van der Waals surface area (Å²) in [5.74, 6) is -0.904. The number of benzene rings is 3. The van der Waals surface area contributed by atoms with Crippen LogP contribution < -0.4 is 20.6 Å². The number of aromatic nitrogens is 3. The lowest BCUT2D eigenvalue weighted by Gasteiger charge is -2.18. The minimum Gasteiger partial charge on any atom is -0.857 e. The van der Waals surface area contributed by atoms with Gasteiger partial charge in [0, 0.05) is 16.8 Å². The van der Waals surface area contributed by atoms with Gasteiger partial charge in [-0.05, 0) is 40.1 Å². The minimum atomic E-state index is -0.576. The average molecular weight is 567 g/mol. The van der Waals surface area contributed by atoms with Gasteiger partial charge < -0.3 is 15.6 Å². The largest absolute Gasteiger partial charge is 0.857 e. The number of rotatable bonds is 5. The molecular formula is C30H23FN6O3S. The van der Waals surface area contributed by atoms with Crippen LogP contribution in [0.3, 0.4) is 0 Å². The summed E-state index contributed by atoms with van der Waals surface area (Å²) in [5, 5.41) is 21.9. The number of anilines is 1. The third kappa shape index (κ3) is 4.64. The van der Waals surface area contributed by atoms with Crippen LogP contribution in [0.4, 0.5) is 16.0 Å². The van der Waals surface area contributed by atoms with Crippen molar-refractivity contribution in [3.63, 3.8) is 0 Å². The van der Waals surface area contributed by atoms with Crippen LogP contribution in [0.25, 0.3) is 43.4 Å². The van der Waals surface area contributed by atoms with Gasteiger partial charge in [0.05, 0.1) is 47.4 Å². The first-order valence-electron chi connectivity index (χ1n) is 13.0. The highest BCUT2D eigenvalue weighted by atomic mass is 32.1. The highest BCUT2D eigenvalue weighted by molar-refractivity contribution is 7.21. The summed E-state index contributed by atoms with van der Waals surface area (Å²) in [6.07, 6.45) is 1.54. The van der Waals surface area contributed by atoms with Gasteiger partial charge in [-0.1, -0.05) is 54.6 Å². The van der Waals surface area contributed by atoms with Crippen LogP contribution in [0.15, 0.2) is 88.5 Å². The van der Waals surface area contributed by atoms with Crippen molar-refractivity contribution >= 4 is 49.8 Å². The SMILES string of the molecule is Nc1c(/C([O-])=N/c2c[n+](N3CCOCC3)no2)sc2nc(-c3cccc4ccccc34)cc(-c3cccc(F)c3)c12. The lowest BCUT2D eigenvalue weighted by molar-refractivity contribution is -0.759. The number of pyridine rings is 1. The summed E-state index contributed by atoms with van der Waals surface area (Å²) in [6, 6.07) is 22.2. The van der Waals surface area contributed by atoms with Gasteiger partial charge in [0.2, 0.25) is 5.27 Å². The van der Waals surface area contributed by atoms with Crippen molar-refractivity contribution in [1.29, 1.82) is 0 Å². The highest BCUT2D eigenvalue weighted by Crippen LogP contribution is 2.42. The molecule has 0 saturated carbocycles. The molecule has 1 aliphatic rings. The molecule has 7 rings (SSSR count). The van der Waals surface area contributed by atoms with Crippen LogP contribution in [0, 0.1) is 5.82 Å². The molecule has 0 unspecified atom stereocenters. The van der Waals surface area contributed by atoms with Gasteiger partial charge in [-0.3, -0.25) is 4.52 Å². The van der Waals surface area contributed by atoms with Crippen molar-refractivity contribution in [2.45, 2.75) is 0 Å². The molecule has 4 heterocycles. The number of morpholine rings is 1. The van der Waals surface area contributed by atoms with Crippen molar-refractivity contribution in [2.75, 3.05) is 37.0 Å². The Morgan fingerprint density at radius 3 is 2.68 bits per heavy atom. The predicted octanol–water partition coefficient (Wildman–Crippen LogP) is 4.19. The molecule has 0 amide bonds. The van der Waals surface area contributed by atoms with Crippen molar-refractivity contribution in [2.24, 2.45) is 4.99 Å². The second kappa shape index (κ2) is 10.3. The van der Waals surface area contributed by atoms with Crippen molar-refractivity contribution in [3.8, 4) is 22.4 Å². The average Bonchev–Trinajstić information content (AvgIpc) is 3.61. The van der Waals surface area contributed by atoms with E-state index in [0.29, 0.717) is 53.3 Å². The molecule has 0 bridgehead atoms. The molecule has 9 nitrogen and oxygen atoms in total. The molecule has 1 saturated heterocycles. The highest BCUT2D eigenvalue weighted by Gasteiger charge is 2.24. The molecule has 0 spiro atoms. The van der Waals surface area contributed by atoms with Crippen LogP contribution in [0.5, 0.6) is 0 Å². The third-order valence-corrected chi connectivity index (χ3v) is 8.11. The number of hydrogen-bond donors (Lipinski definition) is 1. The fourth-order valence-electron chi connectivity index (χ4n) is 5.07. The summed E-state index contributed by atoms with van der Waals surface area (Å²) in [7, 11) is 0. The van der Waals surface area contributed by atoms with Gasteiger partial charge in [0.25, 0.3) is 6.20 Å². The van der Waals surface area contributed by atoms with Crippen molar-refractivity contribution < 1.29 is 23.5 Å². The molecule has 11 heteroatoms. The molecule has 0 atom stereocenters. The monoisotopic (exact) mass is 566 g/mol. The Labute approximate surface area is 237 Å². The van der Waals surface area contributed by atoms with E-state index >= 15 is 0 Å². The molecule has 3 aromatic carbocycles. The molecule has 204 valence electrons. The van der Waals surface area contributed by atoms with E-state index in [1.54, 1.807) is 12.3 Å². The van der Waals surface area contributed by atoms with Crippen molar-refractivity contribution in [3.05, 3.63) is 89.7 Å². The van der Waals surface area contributed by atoms with E-state index in [1.807, 2.05) is 59.6 Å². The molecule has 3 aromatic heterocycles. The molecule has 0 radical (unpaired) electrons. The van der Waals surface area contributed by atoms with Crippen LogP contribution in [-0.4, -0.2) is 42.5 Å². The maximum Gasteiger partial charge on any atom is 0.324 e. The summed E-state index contributed by atoms with van der Waals surface area (Å²) in [5.41, 5.74) is 9.73.